The van der Waals surface area contributed by atoms with Crippen molar-refractivity contribution >= 4 is 0 Å². The minimum Gasteiger partial charge on any atom is -0.394 e. The van der Waals surface area contributed by atoms with Gasteiger partial charge in [-0.3, -0.25) is 0 Å². The molecule has 12 heavy (non-hydrogen) atoms. The summed E-state index contributed by atoms with van der Waals surface area (Å²) >= 11 is 0. The van der Waals surface area contributed by atoms with E-state index >= 15 is 0 Å². The fraction of sp³-hybridized carbons (Fsp3) is 1.00. The van der Waals surface area contributed by atoms with Crippen LogP contribution in [0.4, 0.5) is 0 Å². The average molecular weight is 180 g/mol. The van der Waals surface area contributed by atoms with E-state index in [4.69, 9.17) is 24.1 Å². The van der Waals surface area contributed by atoms with Gasteiger partial charge in [-0.05, 0) is 0 Å². The van der Waals surface area contributed by atoms with E-state index in [-0.39, 0.29) is 6.61 Å². The molecule has 0 aliphatic carbocycles. The largest absolute Gasteiger partial charge is 0.394 e. The molecule has 0 saturated carbocycles. The topological polar surface area (TPSA) is 57.2 Å². The number of hydrogen-bond donors (Lipinski definition) is 1. The molecule has 0 saturated heterocycles. The molecule has 1 N–H and O–H groups in total. The molecular weight excluding hydrogens is 164 g/mol. The minimum absolute atomic E-state index is 0.0258. The van der Waals surface area contributed by atoms with Gasteiger partial charge in [-0.1, -0.05) is 0 Å². The van der Waals surface area contributed by atoms with Crippen molar-refractivity contribution in [1.29, 1.82) is 0 Å². The van der Waals surface area contributed by atoms with Gasteiger partial charge in [0.25, 0.3) is 6.48 Å². The Morgan fingerprint density at radius 1 is 1.08 bits per heavy atom. The van der Waals surface area contributed by atoms with E-state index in [9.17, 15) is 0 Å². The lowest BCUT2D eigenvalue weighted by molar-refractivity contribution is -0.268. The number of methoxy groups -OCH3 is 2. The summed E-state index contributed by atoms with van der Waals surface area (Å²) in [7, 11) is 2.98. The first-order valence-corrected chi connectivity index (χ1v) is 3.71. The van der Waals surface area contributed by atoms with Gasteiger partial charge in [0.05, 0.1) is 26.4 Å². The molecule has 0 rings (SSSR count). The molecule has 0 fully saturated rings. The maximum Gasteiger partial charge on any atom is 0.271 e. The van der Waals surface area contributed by atoms with Gasteiger partial charge in [0, 0.05) is 14.2 Å². The first kappa shape index (κ1) is 11.8. The van der Waals surface area contributed by atoms with Crippen LogP contribution in [-0.2, 0) is 18.9 Å². The molecule has 0 spiro atoms. The second kappa shape index (κ2) is 8.89. The highest BCUT2D eigenvalue weighted by Gasteiger charge is 2.02. The van der Waals surface area contributed by atoms with E-state index in [0.717, 1.165) is 0 Å². The van der Waals surface area contributed by atoms with E-state index in [2.05, 4.69) is 0 Å². The van der Waals surface area contributed by atoms with Crippen molar-refractivity contribution in [2.24, 2.45) is 0 Å². The third-order valence-electron chi connectivity index (χ3n) is 1.10. The molecule has 5 heteroatoms. The highest BCUT2D eigenvalue weighted by molar-refractivity contribution is 4.29. The van der Waals surface area contributed by atoms with Crippen LogP contribution < -0.4 is 0 Å². The molecule has 0 unspecified atom stereocenters. The smallest absolute Gasteiger partial charge is 0.271 e. The van der Waals surface area contributed by atoms with Crippen LogP contribution in [-0.4, -0.2) is 52.2 Å². The first-order chi connectivity index (χ1) is 5.85. The lowest BCUT2D eigenvalue weighted by atomic mass is 10.7. The average Bonchev–Trinajstić information content (AvgIpc) is 2.11. The summed E-state index contributed by atoms with van der Waals surface area (Å²) in [6.07, 6.45) is 0. The predicted molar refractivity (Wildman–Crippen MR) is 41.7 cm³/mol. The molecule has 0 radical (unpaired) electrons. The van der Waals surface area contributed by atoms with Crippen LogP contribution in [0.15, 0.2) is 0 Å². The van der Waals surface area contributed by atoms with Crippen molar-refractivity contribution in [2.75, 3.05) is 40.6 Å². The molecule has 0 aliphatic heterocycles. The molecular formula is C7H16O5. The second-order valence-corrected chi connectivity index (χ2v) is 1.97. The monoisotopic (exact) mass is 180 g/mol. The summed E-state index contributed by atoms with van der Waals surface area (Å²) < 4.78 is 19.5. The molecule has 0 aliphatic rings. The Morgan fingerprint density at radius 3 is 2.25 bits per heavy atom. The number of hydrogen-bond acceptors (Lipinski definition) is 5. The number of rotatable bonds is 8. The van der Waals surface area contributed by atoms with E-state index < -0.39 is 6.48 Å². The van der Waals surface area contributed by atoms with Gasteiger partial charge in [-0.25, -0.2) is 0 Å². The Hall–Kier alpha value is -0.200. The quantitative estimate of drug-likeness (QED) is 0.406. The van der Waals surface area contributed by atoms with E-state index in [1.807, 2.05) is 0 Å². The van der Waals surface area contributed by atoms with Crippen LogP contribution >= 0.6 is 0 Å². The van der Waals surface area contributed by atoms with Gasteiger partial charge in [0.1, 0.15) is 0 Å². The van der Waals surface area contributed by atoms with Crippen LogP contribution in [0, 0.1) is 0 Å². The molecule has 0 aromatic heterocycles. The molecule has 5 nitrogen and oxygen atoms in total. The maximum atomic E-state index is 8.35. The van der Waals surface area contributed by atoms with Gasteiger partial charge in [0.2, 0.25) is 0 Å². The van der Waals surface area contributed by atoms with Crippen molar-refractivity contribution in [3.8, 4) is 0 Å². The summed E-state index contributed by atoms with van der Waals surface area (Å²) in [5.74, 6) is 0. The Morgan fingerprint density at radius 2 is 1.75 bits per heavy atom. The van der Waals surface area contributed by atoms with Crippen molar-refractivity contribution in [2.45, 2.75) is 6.48 Å². The zero-order chi connectivity index (χ0) is 9.23. The lowest BCUT2D eigenvalue weighted by Crippen LogP contribution is -2.20. The number of ether oxygens (including phenoxy) is 4. The second-order valence-electron chi connectivity index (χ2n) is 1.97. The van der Waals surface area contributed by atoms with Crippen LogP contribution in [0.1, 0.15) is 0 Å². The van der Waals surface area contributed by atoms with Crippen LogP contribution in [0.5, 0.6) is 0 Å². The maximum absolute atomic E-state index is 8.35. The van der Waals surface area contributed by atoms with Gasteiger partial charge in [-0.2, -0.15) is 0 Å². The molecule has 0 bridgehead atoms. The lowest BCUT2D eigenvalue weighted by Gasteiger charge is -2.13. The highest BCUT2D eigenvalue weighted by atomic mass is 16.8. The Kier molecular flexibility index (Phi) is 8.74. The highest BCUT2D eigenvalue weighted by Crippen LogP contribution is 1.92. The first-order valence-electron chi connectivity index (χ1n) is 3.71. The molecule has 0 amide bonds. The van der Waals surface area contributed by atoms with Crippen molar-refractivity contribution in [3.05, 3.63) is 0 Å². The summed E-state index contributed by atoms with van der Waals surface area (Å²) in [6, 6.07) is 0. The Bertz CT molecular complexity index is 83.9. The number of aliphatic hydroxyl groups excluding tert-OH is 1. The molecule has 74 valence electrons. The summed E-state index contributed by atoms with van der Waals surface area (Å²) in [5, 5.41) is 8.35. The summed E-state index contributed by atoms with van der Waals surface area (Å²) in [5.41, 5.74) is 0. The molecule has 0 aromatic rings. The van der Waals surface area contributed by atoms with E-state index in [1.54, 1.807) is 0 Å². The zero-order valence-corrected chi connectivity index (χ0v) is 7.49. The van der Waals surface area contributed by atoms with Gasteiger partial charge in [0.15, 0.2) is 0 Å². The van der Waals surface area contributed by atoms with Gasteiger partial charge < -0.3 is 24.1 Å². The summed E-state index contributed by atoms with van der Waals surface area (Å²) in [6.45, 7) is 0.518. The number of aliphatic hydroxyl groups is 1. The molecule has 0 heterocycles. The SMILES string of the molecule is COC(OC)OCCOCCO. The van der Waals surface area contributed by atoms with Crippen molar-refractivity contribution in [3.63, 3.8) is 0 Å². The van der Waals surface area contributed by atoms with E-state index in [0.29, 0.717) is 19.8 Å². The minimum atomic E-state index is -0.636. The Labute approximate surface area is 72.2 Å². The van der Waals surface area contributed by atoms with E-state index in [1.165, 1.54) is 14.2 Å². The zero-order valence-electron chi connectivity index (χ0n) is 7.49. The normalized spacial score (nSPS) is 11.0. The third-order valence-corrected chi connectivity index (χ3v) is 1.10. The van der Waals surface area contributed by atoms with Crippen LogP contribution in [0.3, 0.4) is 0 Å². The molecule has 0 atom stereocenters. The standard InChI is InChI=1S/C7H16O5/c1-9-7(10-2)12-6-5-11-4-3-8/h7-8H,3-6H2,1-2H3. The van der Waals surface area contributed by atoms with Crippen molar-refractivity contribution in [1.82, 2.24) is 0 Å². The van der Waals surface area contributed by atoms with Crippen LogP contribution in [0.25, 0.3) is 0 Å². The van der Waals surface area contributed by atoms with Crippen LogP contribution in [0.2, 0.25) is 0 Å². The van der Waals surface area contributed by atoms with Gasteiger partial charge >= 0.3 is 0 Å². The summed E-state index contributed by atoms with van der Waals surface area (Å²) in [4.78, 5) is 0. The molecule has 0 aromatic carbocycles. The Balaban J connectivity index is 3.06. The van der Waals surface area contributed by atoms with Gasteiger partial charge in [-0.15, -0.1) is 0 Å². The fourth-order valence-corrected chi connectivity index (χ4v) is 0.602. The third kappa shape index (κ3) is 6.51. The fourth-order valence-electron chi connectivity index (χ4n) is 0.602. The van der Waals surface area contributed by atoms with Crippen molar-refractivity contribution < 1.29 is 24.1 Å². The predicted octanol–water partition coefficient (Wildman–Crippen LogP) is -0.412.